The molecule has 0 bridgehead atoms. The third-order valence-corrected chi connectivity index (χ3v) is 4.53. The van der Waals surface area contributed by atoms with E-state index in [0.717, 1.165) is 24.5 Å². The summed E-state index contributed by atoms with van der Waals surface area (Å²) < 4.78 is 0. The van der Waals surface area contributed by atoms with Crippen molar-refractivity contribution in [1.82, 2.24) is 10.3 Å². The molecule has 0 saturated heterocycles. The molecule has 1 heterocycles. The molecule has 1 amide bonds. The van der Waals surface area contributed by atoms with Crippen molar-refractivity contribution in [3.63, 3.8) is 0 Å². The Morgan fingerprint density at radius 2 is 2.17 bits per heavy atom. The number of amides is 1. The second-order valence-corrected chi connectivity index (χ2v) is 6.21. The molecule has 0 aliphatic heterocycles. The molecular formula is C13H19N3OS. The summed E-state index contributed by atoms with van der Waals surface area (Å²) in [6.45, 7) is 0.779. The van der Waals surface area contributed by atoms with Crippen molar-refractivity contribution in [2.75, 3.05) is 11.9 Å². The summed E-state index contributed by atoms with van der Waals surface area (Å²) >= 11 is 1.65. The van der Waals surface area contributed by atoms with Crippen molar-refractivity contribution in [1.29, 1.82) is 0 Å². The highest BCUT2D eigenvalue weighted by atomic mass is 32.1. The minimum Gasteiger partial charge on any atom is -0.313 e. The summed E-state index contributed by atoms with van der Waals surface area (Å²) in [4.78, 5) is 17.6. The first-order chi connectivity index (χ1) is 8.81. The van der Waals surface area contributed by atoms with Gasteiger partial charge in [-0.15, -0.1) is 11.3 Å². The monoisotopic (exact) mass is 265 g/mol. The third kappa shape index (κ3) is 3.09. The molecule has 2 aliphatic carbocycles. The van der Waals surface area contributed by atoms with E-state index in [9.17, 15) is 4.79 Å². The molecule has 0 spiro atoms. The number of fused-ring (bicyclic) bond motifs is 1. The first-order valence-electron chi connectivity index (χ1n) is 6.83. The molecule has 2 N–H and O–H groups in total. The molecule has 98 valence electrons. The minimum absolute atomic E-state index is 0.0780. The van der Waals surface area contributed by atoms with Gasteiger partial charge in [-0.3, -0.25) is 4.79 Å². The number of hydrogen-bond donors (Lipinski definition) is 2. The van der Waals surface area contributed by atoms with Crippen molar-refractivity contribution in [3.8, 4) is 0 Å². The van der Waals surface area contributed by atoms with Gasteiger partial charge in [0.1, 0.15) is 0 Å². The zero-order chi connectivity index (χ0) is 12.4. The van der Waals surface area contributed by atoms with Crippen LogP contribution < -0.4 is 10.6 Å². The van der Waals surface area contributed by atoms with Crippen molar-refractivity contribution in [2.24, 2.45) is 0 Å². The lowest BCUT2D eigenvalue weighted by Gasteiger charge is -2.06. The molecule has 0 aromatic carbocycles. The predicted molar refractivity (Wildman–Crippen MR) is 73.0 cm³/mol. The Labute approximate surface area is 111 Å². The van der Waals surface area contributed by atoms with E-state index in [-0.39, 0.29) is 5.91 Å². The molecule has 5 heteroatoms. The highest BCUT2D eigenvalue weighted by Gasteiger charge is 2.20. The fourth-order valence-electron chi connectivity index (χ4n) is 2.26. The van der Waals surface area contributed by atoms with Crippen LogP contribution in [0.25, 0.3) is 0 Å². The smallest absolute Gasteiger partial charge is 0.227 e. The molecule has 1 aromatic heterocycles. The number of aromatic nitrogens is 1. The van der Waals surface area contributed by atoms with Gasteiger partial charge in [-0.05, 0) is 38.5 Å². The Hall–Kier alpha value is -0.940. The zero-order valence-corrected chi connectivity index (χ0v) is 11.3. The lowest BCUT2D eigenvalue weighted by molar-refractivity contribution is -0.116. The Kier molecular flexibility index (Phi) is 3.61. The van der Waals surface area contributed by atoms with E-state index in [4.69, 9.17) is 0 Å². The normalized spacial score (nSPS) is 18.4. The topological polar surface area (TPSA) is 54.0 Å². The maximum Gasteiger partial charge on any atom is 0.227 e. The number of nitrogens with zero attached hydrogens (tertiary/aromatic N) is 1. The van der Waals surface area contributed by atoms with E-state index in [0.29, 0.717) is 12.5 Å². The van der Waals surface area contributed by atoms with Gasteiger partial charge in [0, 0.05) is 23.9 Å². The lowest BCUT2D eigenvalue weighted by Crippen LogP contribution is -2.23. The van der Waals surface area contributed by atoms with Gasteiger partial charge in [-0.25, -0.2) is 4.98 Å². The van der Waals surface area contributed by atoms with Gasteiger partial charge < -0.3 is 10.6 Å². The van der Waals surface area contributed by atoms with Gasteiger partial charge in [-0.2, -0.15) is 0 Å². The van der Waals surface area contributed by atoms with E-state index < -0.39 is 0 Å². The predicted octanol–water partition coefficient (Wildman–Crippen LogP) is 2.10. The van der Waals surface area contributed by atoms with Crippen molar-refractivity contribution >= 4 is 22.4 Å². The SMILES string of the molecule is O=C(CCNC1CC1)Nc1nc2c(s1)CCCC2. The van der Waals surface area contributed by atoms with Crippen LogP contribution in [0.3, 0.4) is 0 Å². The molecule has 3 rings (SSSR count). The maximum atomic E-state index is 11.7. The van der Waals surface area contributed by atoms with Crippen LogP contribution in [0.2, 0.25) is 0 Å². The Bertz CT molecular complexity index is 416. The van der Waals surface area contributed by atoms with Crippen LogP contribution >= 0.6 is 11.3 Å². The molecule has 4 nitrogen and oxygen atoms in total. The molecule has 0 atom stereocenters. The number of hydrogen-bond acceptors (Lipinski definition) is 4. The van der Waals surface area contributed by atoms with E-state index in [1.165, 1.54) is 36.3 Å². The highest BCUT2D eigenvalue weighted by Crippen LogP contribution is 2.29. The largest absolute Gasteiger partial charge is 0.313 e. The van der Waals surface area contributed by atoms with Gasteiger partial charge >= 0.3 is 0 Å². The van der Waals surface area contributed by atoms with Gasteiger partial charge in [0.25, 0.3) is 0 Å². The van der Waals surface area contributed by atoms with Crippen LogP contribution in [0.4, 0.5) is 5.13 Å². The average Bonchev–Trinajstić information content (AvgIpc) is 3.08. The minimum atomic E-state index is 0.0780. The molecule has 1 aromatic rings. The van der Waals surface area contributed by atoms with E-state index in [1.54, 1.807) is 11.3 Å². The maximum absolute atomic E-state index is 11.7. The first-order valence-corrected chi connectivity index (χ1v) is 7.65. The van der Waals surface area contributed by atoms with E-state index in [2.05, 4.69) is 15.6 Å². The Balaban J connectivity index is 1.48. The summed E-state index contributed by atoms with van der Waals surface area (Å²) in [5.41, 5.74) is 1.21. The Morgan fingerprint density at radius 3 is 2.94 bits per heavy atom. The quantitative estimate of drug-likeness (QED) is 0.857. The third-order valence-electron chi connectivity index (χ3n) is 3.45. The van der Waals surface area contributed by atoms with Crippen molar-refractivity contribution < 1.29 is 4.79 Å². The first kappa shape index (κ1) is 12.1. The molecule has 0 unspecified atom stereocenters. The standard InChI is InChI=1S/C13H19N3OS/c17-12(7-8-14-9-5-6-9)16-13-15-10-3-1-2-4-11(10)18-13/h9,14H,1-8H2,(H,15,16,17). The summed E-state index contributed by atoms with van der Waals surface area (Å²) in [6.07, 6.45) is 7.77. The van der Waals surface area contributed by atoms with Gasteiger partial charge in [0.05, 0.1) is 5.69 Å². The van der Waals surface area contributed by atoms with Crippen LogP contribution in [-0.2, 0) is 17.6 Å². The number of carbonyl (C=O) groups excluding carboxylic acids is 1. The van der Waals surface area contributed by atoms with Crippen LogP contribution in [0.5, 0.6) is 0 Å². The van der Waals surface area contributed by atoms with Crippen molar-refractivity contribution in [3.05, 3.63) is 10.6 Å². The Morgan fingerprint density at radius 1 is 1.33 bits per heavy atom. The molecule has 1 fully saturated rings. The molecule has 0 radical (unpaired) electrons. The van der Waals surface area contributed by atoms with Crippen LogP contribution in [-0.4, -0.2) is 23.5 Å². The second-order valence-electron chi connectivity index (χ2n) is 5.12. The summed E-state index contributed by atoms with van der Waals surface area (Å²) in [7, 11) is 0. The number of carbonyl (C=O) groups is 1. The summed E-state index contributed by atoms with van der Waals surface area (Å²) in [6, 6.07) is 0.671. The molecule has 2 aliphatic rings. The number of aryl methyl sites for hydroxylation is 2. The van der Waals surface area contributed by atoms with Crippen molar-refractivity contribution in [2.45, 2.75) is 51.0 Å². The van der Waals surface area contributed by atoms with Gasteiger partial charge in [0.2, 0.25) is 5.91 Å². The van der Waals surface area contributed by atoms with E-state index in [1.807, 2.05) is 0 Å². The fraction of sp³-hybridized carbons (Fsp3) is 0.692. The van der Waals surface area contributed by atoms with E-state index >= 15 is 0 Å². The highest BCUT2D eigenvalue weighted by molar-refractivity contribution is 7.15. The van der Waals surface area contributed by atoms with Crippen LogP contribution in [0.15, 0.2) is 0 Å². The number of thiazole rings is 1. The van der Waals surface area contributed by atoms with Gasteiger partial charge in [0.15, 0.2) is 5.13 Å². The number of nitrogens with one attached hydrogen (secondary N) is 2. The van der Waals surface area contributed by atoms with Crippen LogP contribution in [0.1, 0.15) is 42.7 Å². The molecule has 18 heavy (non-hydrogen) atoms. The molecule has 1 saturated carbocycles. The summed E-state index contributed by atoms with van der Waals surface area (Å²) in [5, 5.41) is 7.06. The zero-order valence-electron chi connectivity index (χ0n) is 10.5. The van der Waals surface area contributed by atoms with Gasteiger partial charge in [-0.1, -0.05) is 0 Å². The number of rotatable bonds is 5. The number of anilines is 1. The fourth-order valence-corrected chi connectivity index (χ4v) is 3.33. The average molecular weight is 265 g/mol. The lowest BCUT2D eigenvalue weighted by atomic mass is 10.0. The van der Waals surface area contributed by atoms with Crippen LogP contribution in [0, 0.1) is 0 Å². The second kappa shape index (κ2) is 5.36. The molecular weight excluding hydrogens is 246 g/mol. The summed E-state index contributed by atoms with van der Waals surface area (Å²) in [5.74, 6) is 0.0780.